The first kappa shape index (κ1) is 22.4. The Morgan fingerprint density at radius 3 is 1.53 bits per heavy atom. The predicted molar refractivity (Wildman–Crippen MR) is 64.6 cm³/mol. The summed E-state index contributed by atoms with van der Waals surface area (Å²) in [6.07, 6.45) is 0. The van der Waals surface area contributed by atoms with E-state index in [1.54, 1.807) is 6.92 Å². The van der Waals surface area contributed by atoms with Crippen LogP contribution >= 0.6 is 0 Å². The van der Waals surface area contributed by atoms with Crippen molar-refractivity contribution in [1.29, 1.82) is 5.39 Å². The first-order chi connectivity index (χ1) is 8.66. The first-order valence-electron chi connectivity index (χ1n) is 4.68. The molecule has 19 heavy (non-hydrogen) atoms. The number of diazo groups is 1. The third kappa shape index (κ3) is 48.6. The van der Waals surface area contributed by atoms with Crippen LogP contribution in [0.4, 0.5) is 23.0 Å². The van der Waals surface area contributed by atoms with Gasteiger partial charge in [-0.05, 0) is 12.1 Å². The van der Waals surface area contributed by atoms with Crippen LogP contribution < -0.4 is 11.1 Å². The molecule has 0 unspecified atom stereocenters. The van der Waals surface area contributed by atoms with Crippen LogP contribution in [0.5, 0.6) is 0 Å². The Kier molecular flexibility index (Phi) is 16.8. The largest absolute Gasteiger partial charge is 0.673 e. The number of anilines is 1. The van der Waals surface area contributed by atoms with E-state index in [9.17, 15) is 25.7 Å². The van der Waals surface area contributed by atoms with Gasteiger partial charge < -0.3 is 23.0 Å². The molecule has 0 saturated heterocycles. The van der Waals surface area contributed by atoms with Crippen molar-refractivity contribution in [2.24, 2.45) is 0 Å². The maximum atomic E-state index is 9.75. The van der Waals surface area contributed by atoms with Crippen molar-refractivity contribution in [3.63, 3.8) is 0 Å². The molecule has 0 saturated carbocycles. The zero-order chi connectivity index (χ0) is 15.9. The maximum Gasteiger partial charge on any atom is 0.673 e. The van der Waals surface area contributed by atoms with Crippen LogP contribution in [0.3, 0.4) is 0 Å². The van der Waals surface area contributed by atoms with Crippen molar-refractivity contribution in [2.45, 2.75) is 6.92 Å². The summed E-state index contributed by atoms with van der Waals surface area (Å²) in [6, 6.07) is 9.49. The van der Waals surface area contributed by atoms with Gasteiger partial charge in [-0.1, -0.05) is 25.1 Å². The smallest absolute Gasteiger partial charge is 0.418 e. The Balaban J connectivity index is -0.000000194. The van der Waals surface area contributed by atoms with Crippen LogP contribution in [-0.2, 0) is 10.7 Å². The highest BCUT2D eigenvalue weighted by Gasteiger charge is 2.20. The predicted octanol–water partition coefficient (Wildman–Crippen LogP) is 0.466. The van der Waals surface area contributed by atoms with Gasteiger partial charge >= 0.3 is 7.25 Å². The van der Waals surface area contributed by atoms with Gasteiger partial charge in [0, 0.05) is 11.4 Å². The van der Waals surface area contributed by atoms with Gasteiger partial charge in [0.1, 0.15) is 10.7 Å². The normalized spacial score (nSPS) is 8.84. The molecule has 0 aromatic heterocycles. The minimum atomic E-state index is -6.00. The van der Waals surface area contributed by atoms with E-state index in [0.29, 0.717) is 0 Å². The average Bonchev–Trinajstić information content (AvgIpc) is 2.31. The van der Waals surface area contributed by atoms with Crippen molar-refractivity contribution in [3.8, 4) is 0 Å². The fourth-order valence-corrected chi connectivity index (χ4v) is 0.453. The second-order valence-corrected chi connectivity index (χ2v) is 3.85. The number of nitrogens with two attached hydrogens (primary N) is 1. The number of nitrogens with one attached hydrogen (secondary N) is 1. The van der Waals surface area contributed by atoms with Gasteiger partial charge in [0.25, 0.3) is 0 Å². The Morgan fingerprint density at radius 1 is 1.16 bits per heavy atom. The molecule has 0 aliphatic heterocycles. The summed E-state index contributed by atoms with van der Waals surface area (Å²) in [7, 11) is -8.10. The van der Waals surface area contributed by atoms with Gasteiger partial charge in [-0.25, -0.2) is 8.42 Å². The number of nitrogens with zero attached hydrogens (tertiary/aromatic N) is 1. The van der Waals surface area contributed by atoms with Crippen molar-refractivity contribution in [3.05, 3.63) is 30.3 Å². The van der Waals surface area contributed by atoms with Crippen LogP contribution in [0.25, 0.3) is 0 Å². The van der Waals surface area contributed by atoms with Crippen LogP contribution in [0.2, 0.25) is 0 Å². The molecule has 0 spiro atoms. The highest BCUT2D eigenvalue weighted by atomic mass is 32.2. The summed E-state index contributed by atoms with van der Waals surface area (Å²) in [5.41, 5.74) is 6.18. The summed E-state index contributed by atoms with van der Waals surface area (Å²) in [5.74, 6) is 0.259. The Morgan fingerprint density at radius 2 is 1.42 bits per heavy atom. The Labute approximate surface area is 109 Å². The molecule has 0 aliphatic carbocycles. The number of nitrogen functional groups attached to an aromatic ring is 1. The van der Waals surface area contributed by atoms with Crippen LogP contribution in [0, 0.1) is 5.39 Å². The standard InChI is InChI=1S/C6H7N.C2H6O2S.BF4.N2/c7-6-4-2-1-3-5-6;1-2-5(3)4;2-1(3,4)5;1-2/h1-5H,7H2;5H,2H2,1H3;;/q;;-1;/p+1. The minimum Gasteiger partial charge on any atom is -0.418 e. The van der Waals surface area contributed by atoms with Crippen molar-refractivity contribution < 1.29 is 31.1 Å². The van der Waals surface area contributed by atoms with E-state index in [4.69, 9.17) is 16.5 Å². The van der Waals surface area contributed by atoms with Gasteiger partial charge in [0.2, 0.25) is 5.39 Å². The molecule has 0 heterocycles. The molecule has 1 aromatic carbocycles. The van der Waals surface area contributed by atoms with Gasteiger partial charge in [-0.15, -0.1) is 0 Å². The monoisotopic (exact) mass is 303 g/mol. The number of rotatable bonds is 1. The average molecular weight is 303 g/mol. The lowest BCUT2D eigenvalue weighted by Gasteiger charge is -1.94. The molecule has 0 aliphatic rings. The fourth-order valence-electron chi connectivity index (χ4n) is 0.453. The summed E-state index contributed by atoms with van der Waals surface area (Å²) >= 11 is 0. The van der Waals surface area contributed by atoms with Crippen molar-refractivity contribution in [1.82, 2.24) is 0 Å². The summed E-state index contributed by atoms with van der Waals surface area (Å²) in [4.78, 5) is 0. The van der Waals surface area contributed by atoms with Crippen LogP contribution in [0.15, 0.2) is 30.3 Å². The molecular formula is C8H14BF4N3O2S. The number of para-hydroxylation sites is 1. The minimum absolute atomic E-state index is 0.259. The zero-order valence-electron chi connectivity index (χ0n) is 9.97. The number of hydrogen-bond donors (Lipinski definition) is 3. The summed E-state index contributed by atoms with van der Waals surface area (Å²) < 4.78 is 57.8. The highest BCUT2D eigenvalue weighted by Crippen LogP contribution is 2.06. The van der Waals surface area contributed by atoms with Crippen LogP contribution in [0.1, 0.15) is 6.92 Å². The number of hydrogen-bond acceptors (Lipinski definition) is 4. The lowest BCUT2D eigenvalue weighted by Crippen LogP contribution is -2.11. The van der Waals surface area contributed by atoms with Crippen molar-refractivity contribution >= 4 is 23.6 Å². The summed E-state index contributed by atoms with van der Waals surface area (Å²) in [5, 5.41) is 11.0. The number of halogens is 4. The first-order valence-corrected chi connectivity index (χ1v) is 6.05. The Bertz CT molecular complexity index is 384. The molecule has 0 amide bonds. The molecule has 1 rings (SSSR count). The van der Waals surface area contributed by atoms with Crippen molar-refractivity contribution in [2.75, 3.05) is 11.5 Å². The quantitative estimate of drug-likeness (QED) is 0.230. The lowest BCUT2D eigenvalue weighted by atomic mass is 10.3. The second-order valence-electron chi connectivity index (χ2n) is 2.55. The molecule has 3 N–H and O–H groups in total. The van der Waals surface area contributed by atoms with E-state index in [1.165, 1.54) is 0 Å². The summed E-state index contributed by atoms with van der Waals surface area (Å²) in [6.45, 7) is 1.60. The molecule has 1 aromatic rings. The van der Waals surface area contributed by atoms with E-state index < -0.39 is 18.0 Å². The second kappa shape index (κ2) is 14.2. The SMILES string of the molecule is CC[SH](=O)=O.F[B-](F)(F)F.N#[NH+].Nc1ccccc1. The number of benzene rings is 1. The van der Waals surface area contributed by atoms with Gasteiger partial charge in [-0.3, -0.25) is 0 Å². The van der Waals surface area contributed by atoms with E-state index >= 15 is 0 Å². The van der Waals surface area contributed by atoms with E-state index in [2.05, 4.69) is 0 Å². The third-order valence-electron chi connectivity index (χ3n) is 1.06. The van der Waals surface area contributed by atoms with Gasteiger partial charge in [0.15, 0.2) is 0 Å². The molecule has 0 atom stereocenters. The number of thiol groups is 1. The molecule has 5 nitrogen and oxygen atoms in total. The van der Waals surface area contributed by atoms with Gasteiger partial charge in [0.05, 0.1) is 5.39 Å². The lowest BCUT2D eigenvalue weighted by molar-refractivity contribution is -0.175. The van der Waals surface area contributed by atoms with E-state index in [1.807, 2.05) is 30.3 Å². The molecule has 110 valence electrons. The molecule has 0 radical (unpaired) electrons. The Hall–Kier alpha value is -1.83. The van der Waals surface area contributed by atoms with E-state index in [-0.39, 0.29) is 5.75 Å². The van der Waals surface area contributed by atoms with Gasteiger partial charge in [-0.2, -0.15) is 0 Å². The van der Waals surface area contributed by atoms with E-state index in [0.717, 1.165) is 5.69 Å². The third-order valence-corrected chi connectivity index (χ3v) is 1.57. The molecule has 11 heteroatoms. The fraction of sp³-hybridized carbons (Fsp3) is 0.250. The topological polar surface area (TPSA) is 108 Å². The maximum absolute atomic E-state index is 9.75. The highest BCUT2D eigenvalue weighted by molar-refractivity contribution is 7.72. The zero-order valence-corrected chi connectivity index (χ0v) is 10.9. The molecule has 0 fully saturated rings. The molecule has 0 bridgehead atoms. The molecular weight excluding hydrogens is 289 g/mol. The van der Waals surface area contributed by atoms with Crippen LogP contribution in [-0.4, -0.2) is 21.4 Å².